The Morgan fingerprint density at radius 1 is 0.424 bits per heavy atom. The van der Waals surface area contributed by atoms with Crippen molar-refractivity contribution in [2.24, 2.45) is 0 Å². The van der Waals surface area contributed by atoms with E-state index >= 15 is 0 Å². The van der Waals surface area contributed by atoms with Crippen molar-refractivity contribution in [2.75, 3.05) is 4.90 Å². The summed E-state index contributed by atoms with van der Waals surface area (Å²) in [6.45, 7) is 0. The van der Waals surface area contributed by atoms with Crippen LogP contribution in [0.5, 0.6) is 11.5 Å². The molecule has 0 saturated carbocycles. The molecule has 0 fully saturated rings. The Kier molecular flexibility index (Phi) is 7.47. The fourth-order valence-electron chi connectivity index (χ4n) is 8.89. The summed E-state index contributed by atoms with van der Waals surface area (Å²) in [6, 6.07) is 72.4. The first kappa shape index (κ1) is 33.2. The number of hydrogen-bond donors (Lipinski definition) is 0. The molecule has 276 valence electrons. The van der Waals surface area contributed by atoms with Crippen LogP contribution in [0.25, 0.3) is 82.9 Å². The predicted octanol–water partition coefficient (Wildman–Crippen LogP) is 14.5. The van der Waals surface area contributed by atoms with Crippen LogP contribution in [0.3, 0.4) is 0 Å². The minimum atomic E-state index is 0.618. The maximum Gasteiger partial charge on any atom is 0.235 e. The minimum absolute atomic E-state index is 0.618. The Morgan fingerprint density at radius 2 is 1.08 bits per heavy atom. The number of hydrogen-bond acceptors (Lipinski definition) is 4. The molecule has 3 heterocycles. The van der Waals surface area contributed by atoms with Crippen molar-refractivity contribution < 1.29 is 4.74 Å². The Morgan fingerprint density at radius 3 is 1.95 bits per heavy atom. The topological polar surface area (TPSA) is 43.2 Å². The zero-order chi connectivity index (χ0) is 38.9. The second kappa shape index (κ2) is 13.3. The number of para-hydroxylation sites is 5. The van der Waals surface area contributed by atoms with E-state index in [0.29, 0.717) is 5.95 Å². The molecule has 0 unspecified atom stereocenters. The third kappa shape index (κ3) is 5.33. The van der Waals surface area contributed by atoms with E-state index in [2.05, 4.69) is 191 Å². The molecule has 0 bridgehead atoms. The molecule has 0 radical (unpaired) electrons. The van der Waals surface area contributed by atoms with Crippen LogP contribution in [0.15, 0.2) is 206 Å². The summed E-state index contributed by atoms with van der Waals surface area (Å²) in [4.78, 5) is 13.1. The summed E-state index contributed by atoms with van der Waals surface area (Å²) in [7, 11) is 0. The molecule has 12 rings (SSSR count). The molecule has 5 nitrogen and oxygen atoms in total. The first-order valence-electron chi connectivity index (χ1n) is 19.9. The Labute approximate surface area is 340 Å². The number of fused-ring (bicyclic) bond motifs is 8. The Hall–Kier alpha value is -8.02. The number of anilines is 3. The minimum Gasteiger partial charge on any atom is -0.453 e. The zero-order valence-corrected chi connectivity index (χ0v) is 31.8. The molecule has 2 aromatic heterocycles. The lowest BCUT2D eigenvalue weighted by Gasteiger charge is -2.33. The highest BCUT2D eigenvalue weighted by Crippen LogP contribution is 2.52. The van der Waals surface area contributed by atoms with Crippen LogP contribution in [-0.2, 0) is 0 Å². The Bertz CT molecular complexity index is 3410. The van der Waals surface area contributed by atoms with E-state index in [4.69, 9.17) is 14.7 Å². The molecule has 1 aliphatic rings. The predicted molar refractivity (Wildman–Crippen MR) is 242 cm³/mol. The first-order valence-corrected chi connectivity index (χ1v) is 19.9. The van der Waals surface area contributed by atoms with Gasteiger partial charge in [0.2, 0.25) is 5.95 Å². The molecule has 9 aromatic carbocycles. The van der Waals surface area contributed by atoms with Gasteiger partial charge >= 0.3 is 0 Å². The molecule has 0 atom stereocenters. The third-order valence-corrected chi connectivity index (χ3v) is 11.6. The Balaban J connectivity index is 1.10. The number of rotatable bonds is 5. The summed E-state index contributed by atoms with van der Waals surface area (Å²) < 4.78 is 8.98. The summed E-state index contributed by atoms with van der Waals surface area (Å²) in [5.74, 6) is 2.22. The van der Waals surface area contributed by atoms with Crippen LogP contribution in [0.1, 0.15) is 0 Å². The van der Waals surface area contributed by atoms with Crippen LogP contribution in [0.4, 0.5) is 17.1 Å². The fourth-order valence-corrected chi connectivity index (χ4v) is 8.89. The first-order chi connectivity index (χ1) is 29.3. The van der Waals surface area contributed by atoms with Crippen LogP contribution in [0.2, 0.25) is 0 Å². The van der Waals surface area contributed by atoms with Gasteiger partial charge in [0.05, 0.1) is 33.6 Å². The molecule has 0 aliphatic carbocycles. The lowest BCUT2D eigenvalue weighted by molar-refractivity contribution is 0.477. The lowest BCUT2D eigenvalue weighted by atomic mass is 9.99. The van der Waals surface area contributed by atoms with Gasteiger partial charge in [-0.3, -0.25) is 4.57 Å². The van der Waals surface area contributed by atoms with Crippen molar-refractivity contribution >= 4 is 60.5 Å². The van der Waals surface area contributed by atoms with Crippen LogP contribution in [-0.4, -0.2) is 14.5 Å². The molecular weight excluding hydrogens is 721 g/mol. The molecule has 5 heteroatoms. The third-order valence-electron chi connectivity index (χ3n) is 11.6. The molecule has 0 spiro atoms. The van der Waals surface area contributed by atoms with E-state index in [1.54, 1.807) is 0 Å². The SMILES string of the molecule is c1ccc(-c2ccc(-c3nc(-n4c5ccc6ccccc6c5c5cccc(-c6ccc7c(c6)Oc6ccccc6N7c6ccccc6)c54)nc4ccccc34)cc2)cc1. The molecule has 11 aromatic rings. The lowest BCUT2D eigenvalue weighted by Crippen LogP contribution is -2.15. The highest BCUT2D eigenvalue weighted by atomic mass is 16.5. The van der Waals surface area contributed by atoms with Gasteiger partial charge in [0.1, 0.15) is 0 Å². The normalized spacial score (nSPS) is 12.2. The van der Waals surface area contributed by atoms with E-state index in [0.717, 1.165) is 83.8 Å². The molecule has 1 aliphatic heterocycles. The standard InChI is InChI=1S/C54H34N4O/c1-3-14-35(15-4-1)36-26-28-38(29-27-36)52-43-20-9-10-23-45(43)55-54(56-52)58-48-33-30-37-16-7-8-19-41(37)51(48)44-22-13-21-42(53(44)58)39-31-32-47-50(34-39)59-49-25-12-11-24-46(49)57(47)40-17-5-2-6-18-40/h1-34H. The van der Waals surface area contributed by atoms with E-state index in [-0.39, 0.29) is 0 Å². The fraction of sp³-hybridized carbons (Fsp3) is 0. The summed E-state index contributed by atoms with van der Waals surface area (Å²) in [5.41, 5.74) is 12.4. The summed E-state index contributed by atoms with van der Waals surface area (Å²) >= 11 is 0. The average molecular weight is 755 g/mol. The van der Waals surface area contributed by atoms with Gasteiger partial charge < -0.3 is 9.64 Å². The van der Waals surface area contributed by atoms with Gasteiger partial charge in [-0.15, -0.1) is 0 Å². The van der Waals surface area contributed by atoms with Crippen molar-refractivity contribution in [1.82, 2.24) is 14.5 Å². The smallest absolute Gasteiger partial charge is 0.235 e. The number of nitrogens with zero attached hydrogens (tertiary/aromatic N) is 4. The second-order valence-electron chi connectivity index (χ2n) is 15.0. The number of aromatic nitrogens is 3. The van der Waals surface area contributed by atoms with Gasteiger partial charge in [-0.25, -0.2) is 9.97 Å². The zero-order valence-electron chi connectivity index (χ0n) is 31.8. The van der Waals surface area contributed by atoms with Gasteiger partial charge in [0.15, 0.2) is 11.5 Å². The molecule has 0 saturated heterocycles. The van der Waals surface area contributed by atoms with E-state index in [1.807, 2.05) is 24.3 Å². The van der Waals surface area contributed by atoms with Crippen LogP contribution >= 0.6 is 0 Å². The van der Waals surface area contributed by atoms with Crippen molar-refractivity contribution in [2.45, 2.75) is 0 Å². The highest BCUT2D eigenvalue weighted by Gasteiger charge is 2.27. The van der Waals surface area contributed by atoms with E-state index in [1.165, 1.54) is 21.7 Å². The molecule has 0 amide bonds. The maximum absolute atomic E-state index is 6.71. The van der Waals surface area contributed by atoms with Crippen molar-refractivity contribution in [3.63, 3.8) is 0 Å². The quantitative estimate of drug-likeness (QED) is 0.175. The molecule has 59 heavy (non-hydrogen) atoms. The van der Waals surface area contributed by atoms with Crippen molar-refractivity contribution in [3.05, 3.63) is 206 Å². The summed E-state index contributed by atoms with van der Waals surface area (Å²) in [6.07, 6.45) is 0. The maximum atomic E-state index is 6.71. The van der Waals surface area contributed by atoms with Gasteiger partial charge in [0.25, 0.3) is 0 Å². The monoisotopic (exact) mass is 754 g/mol. The number of ether oxygens (including phenoxy) is 1. The van der Waals surface area contributed by atoms with Gasteiger partial charge in [-0.1, -0.05) is 158 Å². The van der Waals surface area contributed by atoms with E-state index in [9.17, 15) is 0 Å². The van der Waals surface area contributed by atoms with Gasteiger partial charge in [-0.2, -0.15) is 0 Å². The van der Waals surface area contributed by atoms with Crippen LogP contribution in [0, 0.1) is 0 Å². The highest BCUT2D eigenvalue weighted by molar-refractivity contribution is 6.23. The van der Waals surface area contributed by atoms with Gasteiger partial charge in [-0.05, 0) is 76.0 Å². The van der Waals surface area contributed by atoms with E-state index < -0.39 is 0 Å². The molecule has 0 N–H and O–H groups in total. The number of benzene rings is 9. The summed E-state index contributed by atoms with van der Waals surface area (Å²) in [5, 5.41) is 5.68. The van der Waals surface area contributed by atoms with Crippen molar-refractivity contribution in [1.29, 1.82) is 0 Å². The average Bonchev–Trinajstić information content (AvgIpc) is 3.66. The van der Waals surface area contributed by atoms with Crippen LogP contribution < -0.4 is 9.64 Å². The van der Waals surface area contributed by atoms with Crippen molar-refractivity contribution in [3.8, 4) is 51.0 Å². The largest absolute Gasteiger partial charge is 0.453 e. The second-order valence-corrected chi connectivity index (χ2v) is 15.0. The molecular formula is C54H34N4O. The van der Waals surface area contributed by atoms with Gasteiger partial charge in [0, 0.05) is 33.0 Å².